The van der Waals surface area contributed by atoms with E-state index < -0.39 is 0 Å². The van der Waals surface area contributed by atoms with Crippen LogP contribution in [-0.2, 0) is 16.7 Å². The van der Waals surface area contributed by atoms with Crippen molar-refractivity contribution in [2.45, 2.75) is 12.5 Å². The molecule has 0 bridgehead atoms. The number of rotatable bonds is 4. The minimum absolute atomic E-state index is 0.231. The fraction of sp³-hybridized carbons (Fsp3) is 0.158. The van der Waals surface area contributed by atoms with Crippen molar-refractivity contribution in [2.75, 3.05) is 5.32 Å². The van der Waals surface area contributed by atoms with Crippen molar-refractivity contribution in [3.63, 3.8) is 0 Å². The van der Waals surface area contributed by atoms with Crippen LogP contribution in [0.15, 0.2) is 66.1 Å². The SMILES string of the molecule is Cn1cnnc1-c1ccccc1NC(=O)C1=NO[C@H](c2ccccc2)C1. The first kappa shape index (κ1) is 16.0. The van der Waals surface area contributed by atoms with E-state index in [0.29, 0.717) is 23.6 Å². The maximum absolute atomic E-state index is 12.6. The average Bonchev–Trinajstić information content (AvgIpc) is 3.32. The number of para-hydroxylation sites is 1. The van der Waals surface area contributed by atoms with Crippen molar-refractivity contribution in [2.24, 2.45) is 12.2 Å². The third-order valence-electron chi connectivity index (χ3n) is 4.23. The first-order chi connectivity index (χ1) is 12.7. The van der Waals surface area contributed by atoms with E-state index in [0.717, 1.165) is 11.1 Å². The molecule has 0 aliphatic carbocycles. The molecular weight excluding hydrogens is 330 g/mol. The van der Waals surface area contributed by atoms with Crippen LogP contribution in [0.3, 0.4) is 0 Å². The van der Waals surface area contributed by atoms with Gasteiger partial charge in [-0.15, -0.1) is 10.2 Å². The lowest BCUT2D eigenvalue weighted by molar-refractivity contribution is -0.110. The molecule has 26 heavy (non-hydrogen) atoms. The highest BCUT2D eigenvalue weighted by Gasteiger charge is 2.27. The molecule has 0 fully saturated rings. The summed E-state index contributed by atoms with van der Waals surface area (Å²) in [4.78, 5) is 18.1. The van der Waals surface area contributed by atoms with E-state index in [1.807, 2.05) is 61.6 Å². The maximum atomic E-state index is 12.6. The molecule has 3 aromatic rings. The number of hydrogen-bond acceptors (Lipinski definition) is 5. The van der Waals surface area contributed by atoms with E-state index in [-0.39, 0.29) is 12.0 Å². The van der Waals surface area contributed by atoms with Crippen LogP contribution >= 0.6 is 0 Å². The van der Waals surface area contributed by atoms with Gasteiger partial charge in [0.15, 0.2) is 11.9 Å². The van der Waals surface area contributed by atoms with Crippen molar-refractivity contribution < 1.29 is 9.63 Å². The van der Waals surface area contributed by atoms with Gasteiger partial charge in [0.25, 0.3) is 5.91 Å². The zero-order valence-corrected chi connectivity index (χ0v) is 14.2. The monoisotopic (exact) mass is 347 g/mol. The van der Waals surface area contributed by atoms with Gasteiger partial charge in [-0.1, -0.05) is 47.6 Å². The van der Waals surface area contributed by atoms with E-state index in [2.05, 4.69) is 20.7 Å². The molecule has 1 N–H and O–H groups in total. The van der Waals surface area contributed by atoms with E-state index in [4.69, 9.17) is 4.84 Å². The molecule has 1 aliphatic heterocycles. The highest BCUT2D eigenvalue weighted by molar-refractivity contribution is 6.43. The molecule has 4 rings (SSSR count). The van der Waals surface area contributed by atoms with E-state index in [9.17, 15) is 4.79 Å². The zero-order chi connectivity index (χ0) is 17.9. The van der Waals surface area contributed by atoms with Crippen LogP contribution < -0.4 is 5.32 Å². The number of amides is 1. The van der Waals surface area contributed by atoms with Gasteiger partial charge >= 0.3 is 0 Å². The minimum Gasteiger partial charge on any atom is -0.387 e. The second-order valence-electron chi connectivity index (χ2n) is 6.01. The Morgan fingerprint density at radius 1 is 1.15 bits per heavy atom. The summed E-state index contributed by atoms with van der Waals surface area (Å²) in [6.07, 6.45) is 1.82. The molecule has 130 valence electrons. The van der Waals surface area contributed by atoms with Gasteiger partial charge in [0, 0.05) is 19.0 Å². The Morgan fingerprint density at radius 2 is 1.92 bits per heavy atom. The molecule has 0 spiro atoms. The summed E-state index contributed by atoms with van der Waals surface area (Å²) in [5, 5.41) is 14.9. The minimum atomic E-state index is -0.280. The smallest absolute Gasteiger partial charge is 0.273 e. The Hall–Kier alpha value is -3.48. The third-order valence-corrected chi connectivity index (χ3v) is 4.23. The number of oxime groups is 1. The highest BCUT2D eigenvalue weighted by atomic mass is 16.6. The van der Waals surface area contributed by atoms with Crippen molar-refractivity contribution in [3.05, 3.63) is 66.5 Å². The lowest BCUT2D eigenvalue weighted by atomic mass is 10.0. The van der Waals surface area contributed by atoms with Crippen LogP contribution in [0, 0.1) is 0 Å². The molecule has 1 aliphatic rings. The highest BCUT2D eigenvalue weighted by Crippen LogP contribution is 2.29. The summed E-state index contributed by atoms with van der Waals surface area (Å²) in [6, 6.07) is 17.2. The second-order valence-corrected chi connectivity index (χ2v) is 6.01. The number of aryl methyl sites for hydroxylation is 1. The Labute approximate surface area is 150 Å². The van der Waals surface area contributed by atoms with Crippen LogP contribution in [0.5, 0.6) is 0 Å². The second kappa shape index (κ2) is 6.79. The fourth-order valence-corrected chi connectivity index (χ4v) is 2.87. The van der Waals surface area contributed by atoms with Gasteiger partial charge in [0.1, 0.15) is 12.0 Å². The number of hydrogen-bond donors (Lipinski definition) is 1. The lowest BCUT2D eigenvalue weighted by Gasteiger charge is -2.10. The number of nitrogens with zero attached hydrogens (tertiary/aromatic N) is 4. The maximum Gasteiger partial charge on any atom is 0.273 e. The number of aromatic nitrogens is 3. The summed E-state index contributed by atoms with van der Waals surface area (Å²) in [5.74, 6) is 0.394. The van der Waals surface area contributed by atoms with Gasteiger partial charge in [-0.05, 0) is 17.7 Å². The quantitative estimate of drug-likeness (QED) is 0.787. The zero-order valence-electron chi connectivity index (χ0n) is 14.2. The fourth-order valence-electron chi connectivity index (χ4n) is 2.87. The van der Waals surface area contributed by atoms with Crippen LogP contribution in [0.25, 0.3) is 11.4 Å². The largest absolute Gasteiger partial charge is 0.387 e. The molecule has 0 unspecified atom stereocenters. The Balaban J connectivity index is 1.51. The topological polar surface area (TPSA) is 81.4 Å². The Kier molecular flexibility index (Phi) is 4.18. The van der Waals surface area contributed by atoms with Crippen LogP contribution in [0.1, 0.15) is 18.1 Å². The normalized spacial score (nSPS) is 16.0. The number of anilines is 1. The molecule has 2 heterocycles. The predicted octanol–water partition coefficient (Wildman–Crippen LogP) is 2.94. The predicted molar refractivity (Wildman–Crippen MR) is 97.4 cm³/mol. The van der Waals surface area contributed by atoms with Gasteiger partial charge in [0.2, 0.25) is 0 Å². The van der Waals surface area contributed by atoms with Crippen molar-refractivity contribution in [3.8, 4) is 11.4 Å². The van der Waals surface area contributed by atoms with Gasteiger partial charge in [-0.25, -0.2) is 0 Å². The van der Waals surface area contributed by atoms with Crippen LogP contribution in [0.2, 0.25) is 0 Å². The number of carbonyl (C=O) groups is 1. The summed E-state index contributed by atoms with van der Waals surface area (Å²) in [5.41, 5.74) is 2.81. The van der Waals surface area contributed by atoms with Crippen molar-refractivity contribution in [1.82, 2.24) is 14.8 Å². The molecular formula is C19H17N5O2. The van der Waals surface area contributed by atoms with E-state index in [1.54, 1.807) is 10.9 Å². The molecule has 0 saturated carbocycles. The van der Waals surface area contributed by atoms with Gasteiger partial charge < -0.3 is 14.7 Å². The first-order valence-electron chi connectivity index (χ1n) is 8.25. The summed E-state index contributed by atoms with van der Waals surface area (Å²) in [7, 11) is 1.85. The van der Waals surface area contributed by atoms with Crippen molar-refractivity contribution >= 4 is 17.3 Å². The molecule has 0 radical (unpaired) electrons. The Morgan fingerprint density at radius 3 is 2.69 bits per heavy atom. The number of benzene rings is 2. The molecule has 7 heteroatoms. The average molecular weight is 347 g/mol. The Bertz CT molecular complexity index is 965. The lowest BCUT2D eigenvalue weighted by Crippen LogP contribution is -2.22. The van der Waals surface area contributed by atoms with Crippen LogP contribution in [0.4, 0.5) is 5.69 Å². The summed E-state index contributed by atoms with van der Waals surface area (Å²) in [6.45, 7) is 0. The molecule has 1 atom stereocenters. The van der Waals surface area contributed by atoms with Gasteiger partial charge in [-0.3, -0.25) is 4.79 Å². The molecule has 1 aromatic heterocycles. The first-order valence-corrected chi connectivity index (χ1v) is 8.25. The van der Waals surface area contributed by atoms with E-state index in [1.165, 1.54) is 0 Å². The van der Waals surface area contributed by atoms with Crippen LogP contribution in [-0.4, -0.2) is 26.4 Å². The van der Waals surface area contributed by atoms with E-state index >= 15 is 0 Å². The van der Waals surface area contributed by atoms with Gasteiger partial charge in [0.05, 0.1) is 5.69 Å². The standard InChI is InChI=1S/C19H17N5O2/c1-24-12-20-22-18(24)14-9-5-6-10-15(14)21-19(25)16-11-17(26-23-16)13-7-3-2-4-8-13/h2-10,12,17H,11H2,1H3,(H,21,25)/t17-/m0/s1. The molecule has 1 amide bonds. The summed E-state index contributed by atoms with van der Waals surface area (Å²) < 4.78 is 1.80. The molecule has 0 saturated heterocycles. The third kappa shape index (κ3) is 3.06. The summed E-state index contributed by atoms with van der Waals surface area (Å²) >= 11 is 0. The number of carbonyl (C=O) groups excluding carboxylic acids is 1. The van der Waals surface area contributed by atoms with Gasteiger partial charge in [-0.2, -0.15) is 0 Å². The number of nitrogens with one attached hydrogen (secondary N) is 1. The van der Waals surface area contributed by atoms with Crippen molar-refractivity contribution in [1.29, 1.82) is 0 Å². The molecule has 7 nitrogen and oxygen atoms in total. The molecule has 2 aromatic carbocycles.